The van der Waals surface area contributed by atoms with E-state index in [1.165, 1.54) is 0 Å². The van der Waals surface area contributed by atoms with Gasteiger partial charge in [0.25, 0.3) is 5.91 Å². The molecular formula is C23H18N2O2. The second-order valence-electron chi connectivity index (χ2n) is 5.79. The van der Waals surface area contributed by atoms with Crippen molar-refractivity contribution in [2.24, 2.45) is 0 Å². The summed E-state index contributed by atoms with van der Waals surface area (Å²) in [6, 6.07) is 22.6. The van der Waals surface area contributed by atoms with Crippen LogP contribution >= 0.6 is 0 Å². The van der Waals surface area contributed by atoms with E-state index in [9.17, 15) is 10.1 Å². The van der Waals surface area contributed by atoms with Crippen LogP contribution in [0.2, 0.25) is 0 Å². The average Bonchev–Trinajstić information content (AvgIpc) is 2.71. The highest BCUT2D eigenvalue weighted by molar-refractivity contribution is 6.11. The number of ether oxygens (including phenoxy) is 1. The van der Waals surface area contributed by atoms with Gasteiger partial charge in [-0.25, -0.2) is 0 Å². The van der Waals surface area contributed by atoms with Crippen molar-refractivity contribution in [2.75, 3.05) is 11.9 Å². The summed E-state index contributed by atoms with van der Waals surface area (Å²) in [5, 5.41) is 14.2. The highest BCUT2D eigenvalue weighted by Gasteiger charge is 2.13. The second-order valence-corrected chi connectivity index (χ2v) is 5.79. The van der Waals surface area contributed by atoms with Gasteiger partial charge in [0.1, 0.15) is 24.0 Å². The van der Waals surface area contributed by atoms with Gasteiger partial charge in [0.15, 0.2) is 0 Å². The maximum Gasteiger partial charge on any atom is 0.266 e. The highest BCUT2D eigenvalue weighted by atomic mass is 16.5. The van der Waals surface area contributed by atoms with Gasteiger partial charge in [-0.15, -0.1) is 0 Å². The number of anilines is 1. The van der Waals surface area contributed by atoms with Gasteiger partial charge in [-0.05, 0) is 35.0 Å². The van der Waals surface area contributed by atoms with Crippen molar-refractivity contribution in [3.8, 4) is 11.8 Å². The number of amides is 1. The minimum atomic E-state index is -0.466. The van der Waals surface area contributed by atoms with Crippen LogP contribution < -0.4 is 10.1 Å². The molecule has 1 N–H and O–H groups in total. The van der Waals surface area contributed by atoms with Crippen LogP contribution in [0.4, 0.5) is 5.69 Å². The first kappa shape index (κ1) is 18.0. The number of benzene rings is 3. The van der Waals surface area contributed by atoms with E-state index in [-0.39, 0.29) is 5.57 Å². The van der Waals surface area contributed by atoms with Crippen molar-refractivity contribution in [1.29, 1.82) is 5.26 Å². The average molecular weight is 354 g/mol. The van der Waals surface area contributed by atoms with Crippen LogP contribution in [-0.2, 0) is 4.79 Å². The molecule has 0 aliphatic rings. The predicted octanol–water partition coefficient (Wildman–Crippen LogP) is 4.95. The molecular weight excluding hydrogens is 336 g/mol. The highest BCUT2D eigenvalue weighted by Crippen LogP contribution is 2.30. The van der Waals surface area contributed by atoms with Crippen molar-refractivity contribution in [1.82, 2.24) is 0 Å². The largest absolute Gasteiger partial charge is 0.489 e. The molecule has 0 atom stereocenters. The van der Waals surface area contributed by atoms with Gasteiger partial charge in [0.2, 0.25) is 0 Å². The second kappa shape index (κ2) is 8.50. The number of nitrogens with one attached hydrogen (secondary N) is 1. The fourth-order valence-corrected chi connectivity index (χ4v) is 2.71. The molecule has 0 spiro atoms. The van der Waals surface area contributed by atoms with E-state index in [0.717, 1.165) is 10.8 Å². The van der Waals surface area contributed by atoms with Gasteiger partial charge in [0, 0.05) is 11.3 Å². The van der Waals surface area contributed by atoms with Crippen LogP contribution in [0.25, 0.3) is 16.8 Å². The summed E-state index contributed by atoms with van der Waals surface area (Å²) in [5.74, 6) is 0.125. The number of para-hydroxylation sites is 1. The van der Waals surface area contributed by atoms with E-state index in [1.54, 1.807) is 24.3 Å². The SMILES string of the molecule is C=CCOc1ccc2ccccc2c1/C=C(\C#N)C(=O)Nc1ccccc1. The molecule has 3 aromatic carbocycles. The third-order valence-corrected chi connectivity index (χ3v) is 3.97. The lowest BCUT2D eigenvalue weighted by atomic mass is 10.0. The Hall–Kier alpha value is -3.84. The standard InChI is InChI=1S/C23H18N2O2/c1-2-14-27-22-13-12-17-8-6-7-11-20(17)21(22)15-18(16-24)23(26)25-19-9-4-3-5-10-19/h2-13,15H,1,14H2,(H,25,26)/b18-15+. The molecule has 0 aromatic heterocycles. The molecule has 4 nitrogen and oxygen atoms in total. The number of nitrogens with zero attached hydrogens (tertiary/aromatic N) is 1. The van der Waals surface area contributed by atoms with Crippen LogP contribution in [0.15, 0.2) is 85.0 Å². The summed E-state index contributed by atoms with van der Waals surface area (Å²) in [6.45, 7) is 3.99. The molecule has 4 heteroatoms. The Morgan fingerprint density at radius 1 is 1.07 bits per heavy atom. The first-order chi connectivity index (χ1) is 13.2. The summed E-state index contributed by atoms with van der Waals surface area (Å²) < 4.78 is 5.73. The number of hydrogen-bond acceptors (Lipinski definition) is 3. The molecule has 0 radical (unpaired) electrons. The third kappa shape index (κ3) is 4.23. The summed E-state index contributed by atoms with van der Waals surface area (Å²) in [4.78, 5) is 12.6. The molecule has 0 heterocycles. The Kier molecular flexibility index (Phi) is 5.66. The zero-order valence-electron chi connectivity index (χ0n) is 14.7. The molecule has 0 bridgehead atoms. The van der Waals surface area contributed by atoms with Crippen molar-refractivity contribution < 1.29 is 9.53 Å². The molecule has 0 fully saturated rings. The number of fused-ring (bicyclic) bond motifs is 1. The fourth-order valence-electron chi connectivity index (χ4n) is 2.71. The number of hydrogen-bond donors (Lipinski definition) is 1. The van der Waals surface area contributed by atoms with E-state index in [4.69, 9.17) is 4.74 Å². The fraction of sp³-hybridized carbons (Fsp3) is 0.0435. The number of carbonyl (C=O) groups excluding carboxylic acids is 1. The minimum absolute atomic E-state index is 0.00124. The lowest BCUT2D eigenvalue weighted by Gasteiger charge is -2.11. The van der Waals surface area contributed by atoms with E-state index in [1.807, 2.05) is 60.7 Å². The van der Waals surface area contributed by atoms with E-state index in [2.05, 4.69) is 11.9 Å². The Labute approximate surface area is 158 Å². The molecule has 27 heavy (non-hydrogen) atoms. The van der Waals surface area contributed by atoms with Crippen molar-refractivity contribution >= 4 is 28.4 Å². The zero-order valence-corrected chi connectivity index (χ0v) is 14.7. The van der Waals surface area contributed by atoms with Gasteiger partial charge in [-0.2, -0.15) is 5.26 Å². The third-order valence-electron chi connectivity index (χ3n) is 3.97. The van der Waals surface area contributed by atoms with E-state index < -0.39 is 5.91 Å². The molecule has 1 amide bonds. The number of carbonyl (C=O) groups is 1. The topological polar surface area (TPSA) is 62.1 Å². The Balaban J connectivity index is 2.04. The normalized spacial score (nSPS) is 10.9. The van der Waals surface area contributed by atoms with Crippen LogP contribution in [-0.4, -0.2) is 12.5 Å². The van der Waals surface area contributed by atoms with E-state index in [0.29, 0.717) is 23.6 Å². The first-order valence-corrected chi connectivity index (χ1v) is 8.46. The number of rotatable bonds is 6. The summed E-state index contributed by atoms with van der Waals surface area (Å²) in [7, 11) is 0. The monoisotopic (exact) mass is 354 g/mol. The molecule has 3 aromatic rings. The maximum atomic E-state index is 12.6. The van der Waals surface area contributed by atoms with Crippen LogP contribution in [0.3, 0.4) is 0 Å². The first-order valence-electron chi connectivity index (χ1n) is 8.46. The van der Waals surface area contributed by atoms with Crippen LogP contribution in [0.5, 0.6) is 5.75 Å². The Bertz CT molecular complexity index is 1050. The van der Waals surface area contributed by atoms with Crippen LogP contribution in [0.1, 0.15) is 5.56 Å². The summed E-state index contributed by atoms with van der Waals surface area (Å²) in [6.07, 6.45) is 3.22. The van der Waals surface area contributed by atoms with Gasteiger partial charge in [-0.1, -0.05) is 61.2 Å². The molecule has 0 aliphatic heterocycles. The summed E-state index contributed by atoms with van der Waals surface area (Å²) >= 11 is 0. The van der Waals surface area contributed by atoms with Gasteiger partial charge in [0.05, 0.1) is 0 Å². The van der Waals surface area contributed by atoms with Gasteiger partial charge in [-0.3, -0.25) is 4.79 Å². The lowest BCUT2D eigenvalue weighted by molar-refractivity contribution is -0.112. The van der Waals surface area contributed by atoms with Crippen molar-refractivity contribution in [3.63, 3.8) is 0 Å². The maximum absolute atomic E-state index is 12.6. The predicted molar refractivity (Wildman–Crippen MR) is 108 cm³/mol. The van der Waals surface area contributed by atoms with Gasteiger partial charge < -0.3 is 10.1 Å². The van der Waals surface area contributed by atoms with E-state index >= 15 is 0 Å². The van der Waals surface area contributed by atoms with Gasteiger partial charge >= 0.3 is 0 Å². The zero-order chi connectivity index (χ0) is 19.1. The quantitative estimate of drug-likeness (QED) is 0.387. The molecule has 0 aliphatic carbocycles. The number of nitriles is 1. The van der Waals surface area contributed by atoms with Crippen molar-refractivity contribution in [2.45, 2.75) is 0 Å². The van der Waals surface area contributed by atoms with Crippen molar-refractivity contribution in [3.05, 3.63) is 90.5 Å². The molecule has 132 valence electrons. The smallest absolute Gasteiger partial charge is 0.266 e. The Morgan fingerprint density at radius 3 is 2.56 bits per heavy atom. The van der Waals surface area contributed by atoms with Crippen LogP contribution in [0, 0.1) is 11.3 Å². The molecule has 0 saturated heterocycles. The summed E-state index contributed by atoms with van der Waals surface area (Å²) in [5.41, 5.74) is 1.32. The Morgan fingerprint density at radius 2 is 1.81 bits per heavy atom. The molecule has 0 unspecified atom stereocenters. The lowest BCUT2D eigenvalue weighted by Crippen LogP contribution is -2.13. The molecule has 3 rings (SSSR count). The minimum Gasteiger partial charge on any atom is -0.489 e. The molecule has 0 saturated carbocycles.